The fourth-order valence-electron chi connectivity index (χ4n) is 4.32. The fourth-order valence-corrected chi connectivity index (χ4v) is 4.32. The van der Waals surface area contributed by atoms with Crippen LogP contribution in [0.25, 0.3) is 0 Å². The lowest BCUT2D eigenvalue weighted by Crippen LogP contribution is -2.30. The van der Waals surface area contributed by atoms with Gasteiger partial charge in [0.25, 0.3) is 5.69 Å². The number of non-ortho nitro benzene ring substituents is 1. The van der Waals surface area contributed by atoms with Crippen molar-refractivity contribution in [1.29, 1.82) is 0 Å². The molecule has 16 nitrogen and oxygen atoms in total. The Morgan fingerprint density at radius 3 is 1.87 bits per heavy atom. The number of ether oxygens (including phenoxy) is 3. The number of nitro groups is 1. The van der Waals surface area contributed by atoms with Crippen molar-refractivity contribution in [2.45, 2.75) is 32.1 Å². The Labute approximate surface area is 302 Å². The lowest BCUT2D eigenvalue weighted by molar-refractivity contribution is -0.384. The van der Waals surface area contributed by atoms with Gasteiger partial charge >= 0.3 is 5.97 Å². The largest absolute Gasteiger partial charge is 0.495 e. The first-order chi connectivity index (χ1) is 24.7. The van der Waals surface area contributed by atoms with Gasteiger partial charge in [0.2, 0.25) is 5.91 Å². The van der Waals surface area contributed by atoms with Crippen molar-refractivity contribution in [2.75, 3.05) is 62.2 Å². The highest BCUT2D eigenvalue weighted by molar-refractivity contribution is 5.87. The number of anilines is 5. The normalized spacial score (nSPS) is 10.7. The smallest absolute Gasteiger partial charge is 0.335 e. The maximum absolute atomic E-state index is 12.0. The SMILES string of the molecule is CN(CCC(=O)NCCCC(N)OCc1ccc(C(=O)O)cc1)c1ccc(N)cc1.COc1cc(N)c(OC)cc1N.Nc1ccc([N+](=O)[O-])cc1. The molecule has 0 fully saturated rings. The van der Waals surface area contributed by atoms with Crippen molar-refractivity contribution in [3.63, 3.8) is 0 Å². The van der Waals surface area contributed by atoms with Gasteiger partial charge in [-0.3, -0.25) is 14.9 Å². The molecule has 0 spiro atoms. The van der Waals surface area contributed by atoms with E-state index in [1.807, 2.05) is 36.2 Å². The minimum absolute atomic E-state index is 0.00898. The topological polar surface area (TPSA) is 271 Å². The fraction of sp³-hybridized carbons (Fsp3) is 0.278. The summed E-state index contributed by atoms with van der Waals surface area (Å²) in [6.07, 6.45) is 1.27. The van der Waals surface area contributed by atoms with Crippen LogP contribution >= 0.6 is 0 Å². The average molecular weight is 721 g/mol. The summed E-state index contributed by atoms with van der Waals surface area (Å²) in [5, 5.41) is 21.9. The van der Waals surface area contributed by atoms with Gasteiger partial charge in [0.1, 0.15) is 17.7 Å². The molecule has 0 aromatic heterocycles. The Morgan fingerprint density at radius 1 is 0.865 bits per heavy atom. The summed E-state index contributed by atoms with van der Waals surface area (Å²) in [7, 11) is 5.01. The van der Waals surface area contributed by atoms with Crippen molar-refractivity contribution >= 4 is 46.0 Å². The Bertz CT molecular complexity index is 1680. The van der Waals surface area contributed by atoms with E-state index in [0.29, 0.717) is 73.2 Å². The number of nitrogens with two attached hydrogens (primary N) is 5. The van der Waals surface area contributed by atoms with E-state index in [1.54, 1.807) is 24.3 Å². The number of nitrogen functional groups attached to an aromatic ring is 4. The zero-order valence-corrected chi connectivity index (χ0v) is 29.5. The Balaban J connectivity index is 0.000000344. The van der Waals surface area contributed by atoms with Gasteiger partial charge in [-0.05, 0) is 66.9 Å². The van der Waals surface area contributed by atoms with Crippen LogP contribution < -0.4 is 48.4 Å². The quantitative estimate of drug-likeness (QED) is 0.0298. The Kier molecular flexibility index (Phi) is 17.5. The lowest BCUT2D eigenvalue weighted by atomic mass is 10.1. The molecule has 52 heavy (non-hydrogen) atoms. The van der Waals surface area contributed by atoms with E-state index >= 15 is 0 Å². The van der Waals surface area contributed by atoms with Gasteiger partial charge in [0.15, 0.2) is 0 Å². The second-order valence-electron chi connectivity index (χ2n) is 11.3. The number of hydrogen-bond acceptors (Lipinski definition) is 13. The molecule has 1 amide bonds. The number of carbonyl (C=O) groups excluding carboxylic acids is 1. The van der Waals surface area contributed by atoms with Crippen molar-refractivity contribution in [3.05, 3.63) is 106 Å². The summed E-state index contributed by atoms with van der Waals surface area (Å²) >= 11 is 0. The van der Waals surface area contributed by atoms with Crippen LogP contribution in [0.2, 0.25) is 0 Å². The molecule has 1 unspecified atom stereocenters. The van der Waals surface area contributed by atoms with Gasteiger partial charge < -0.3 is 58.2 Å². The van der Waals surface area contributed by atoms with E-state index in [2.05, 4.69) is 5.32 Å². The van der Waals surface area contributed by atoms with Crippen LogP contribution in [-0.4, -0.2) is 62.5 Å². The first-order valence-corrected chi connectivity index (χ1v) is 16.0. The van der Waals surface area contributed by atoms with Gasteiger partial charge in [-0.25, -0.2) is 4.79 Å². The van der Waals surface area contributed by atoms with E-state index < -0.39 is 17.1 Å². The van der Waals surface area contributed by atoms with Crippen LogP contribution in [0.3, 0.4) is 0 Å². The standard InChI is InChI=1S/C22H30N4O4.C8H12N2O2.C6H6N2O2/c1-26(19-10-8-18(23)9-11-19)14-12-21(27)25-13-2-3-20(24)30-15-16-4-6-17(7-5-16)22(28)29;1-11-7-3-6(10)8(12-2)4-5(7)9;7-5-1-3-6(4-2-5)8(9)10/h4-11,20H,2-3,12-15,23-24H2,1H3,(H,25,27)(H,28,29);3-4H,9-10H2,1-2H3;1-4H,7H2. The third-order valence-electron chi connectivity index (χ3n) is 7.35. The lowest BCUT2D eigenvalue weighted by Gasteiger charge is -2.19. The summed E-state index contributed by atoms with van der Waals surface area (Å²) in [4.78, 5) is 34.5. The number of nitrogens with zero attached hydrogens (tertiary/aromatic N) is 2. The maximum atomic E-state index is 12.0. The second-order valence-corrected chi connectivity index (χ2v) is 11.3. The number of carboxylic acids is 1. The number of methoxy groups -OCH3 is 2. The molecule has 4 rings (SSSR count). The van der Waals surface area contributed by atoms with E-state index in [0.717, 1.165) is 11.3 Å². The summed E-state index contributed by atoms with van der Waals surface area (Å²) in [5.74, 6) is 0.157. The van der Waals surface area contributed by atoms with Gasteiger partial charge in [-0.15, -0.1) is 0 Å². The molecule has 0 saturated carbocycles. The zero-order chi connectivity index (χ0) is 38.6. The molecule has 4 aromatic carbocycles. The van der Waals surface area contributed by atoms with E-state index in [-0.39, 0.29) is 17.2 Å². The second kappa shape index (κ2) is 21.7. The van der Waals surface area contributed by atoms with Gasteiger partial charge in [-0.2, -0.15) is 0 Å². The predicted molar refractivity (Wildman–Crippen MR) is 203 cm³/mol. The third-order valence-corrected chi connectivity index (χ3v) is 7.35. The molecule has 0 heterocycles. The van der Waals surface area contributed by atoms with Crippen molar-refractivity contribution in [2.24, 2.45) is 5.73 Å². The number of rotatable bonds is 15. The molecule has 0 aliphatic rings. The predicted octanol–water partition coefficient (Wildman–Crippen LogP) is 4.24. The van der Waals surface area contributed by atoms with Crippen LogP contribution in [0.4, 0.5) is 34.1 Å². The van der Waals surface area contributed by atoms with Crippen LogP contribution in [0.1, 0.15) is 35.2 Å². The Morgan fingerprint density at radius 2 is 1.38 bits per heavy atom. The zero-order valence-electron chi connectivity index (χ0n) is 29.5. The molecule has 16 heteroatoms. The van der Waals surface area contributed by atoms with Crippen molar-refractivity contribution in [3.8, 4) is 11.5 Å². The molecule has 12 N–H and O–H groups in total. The third kappa shape index (κ3) is 15.1. The number of aromatic carboxylic acids is 1. The molecule has 4 aromatic rings. The van der Waals surface area contributed by atoms with Crippen LogP contribution in [0.15, 0.2) is 84.9 Å². The number of carbonyl (C=O) groups is 2. The number of carboxylic acid groups (broad SMARTS) is 1. The number of amides is 1. The van der Waals surface area contributed by atoms with Crippen LogP contribution in [0.5, 0.6) is 11.5 Å². The van der Waals surface area contributed by atoms with Crippen molar-refractivity contribution < 1.29 is 33.8 Å². The summed E-state index contributed by atoms with van der Waals surface area (Å²) in [5.41, 5.74) is 32.6. The molecule has 0 aliphatic heterocycles. The number of nitro benzene ring substituents is 1. The first-order valence-electron chi connectivity index (χ1n) is 16.0. The molecule has 0 radical (unpaired) electrons. The summed E-state index contributed by atoms with van der Waals surface area (Å²) < 4.78 is 15.5. The van der Waals surface area contributed by atoms with Gasteiger partial charge in [-0.1, -0.05) is 12.1 Å². The molecule has 0 bridgehead atoms. The molecule has 280 valence electrons. The summed E-state index contributed by atoms with van der Waals surface area (Å²) in [6.45, 7) is 1.46. The molecular weight excluding hydrogens is 672 g/mol. The number of benzene rings is 4. The van der Waals surface area contributed by atoms with Crippen LogP contribution in [-0.2, 0) is 16.1 Å². The molecular formula is C36H48N8O8. The number of hydrogen-bond donors (Lipinski definition) is 7. The van der Waals surface area contributed by atoms with Crippen molar-refractivity contribution in [1.82, 2.24) is 5.32 Å². The minimum Gasteiger partial charge on any atom is -0.495 e. The van der Waals surface area contributed by atoms with E-state index in [1.165, 1.54) is 50.6 Å². The molecule has 1 atom stereocenters. The van der Waals surface area contributed by atoms with Gasteiger partial charge in [0, 0.05) is 67.9 Å². The monoisotopic (exact) mass is 720 g/mol. The average Bonchev–Trinajstić information content (AvgIpc) is 3.13. The highest BCUT2D eigenvalue weighted by atomic mass is 16.6. The Hall–Kier alpha value is -6.26. The summed E-state index contributed by atoms with van der Waals surface area (Å²) in [6, 6.07) is 23.0. The molecule has 0 aliphatic carbocycles. The van der Waals surface area contributed by atoms with E-state index in [9.17, 15) is 19.7 Å². The number of nitrogens with one attached hydrogen (secondary N) is 1. The molecule has 0 saturated heterocycles. The first kappa shape index (κ1) is 41.9. The maximum Gasteiger partial charge on any atom is 0.335 e. The van der Waals surface area contributed by atoms with E-state index in [4.69, 9.17) is 48.0 Å². The van der Waals surface area contributed by atoms with Crippen LogP contribution in [0, 0.1) is 10.1 Å². The highest BCUT2D eigenvalue weighted by Crippen LogP contribution is 2.32. The van der Waals surface area contributed by atoms with Gasteiger partial charge in [0.05, 0.1) is 42.7 Å². The minimum atomic E-state index is -0.960. The highest BCUT2D eigenvalue weighted by Gasteiger charge is 2.09.